The van der Waals surface area contributed by atoms with Crippen LogP contribution in [0.25, 0.3) is 0 Å². The van der Waals surface area contributed by atoms with Gasteiger partial charge in [0.1, 0.15) is 17.4 Å². The summed E-state index contributed by atoms with van der Waals surface area (Å²) in [5, 5.41) is 11.8. The molecular formula is C15H20N2O3. The summed E-state index contributed by atoms with van der Waals surface area (Å²) in [7, 11) is 0. The van der Waals surface area contributed by atoms with Gasteiger partial charge in [0.25, 0.3) is 0 Å². The first-order valence-electron chi connectivity index (χ1n) is 6.48. The number of amides is 1. The molecule has 1 N–H and O–H groups in total. The Morgan fingerprint density at radius 3 is 2.60 bits per heavy atom. The molecule has 5 nitrogen and oxygen atoms in total. The molecule has 0 spiro atoms. The van der Waals surface area contributed by atoms with E-state index in [4.69, 9.17) is 9.47 Å². The molecular weight excluding hydrogens is 256 g/mol. The van der Waals surface area contributed by atoms with Gasteiger partial charge in [0.2, 0.25) is 0 Å². The monoisotopic (exact) mass is 276 g/mol. The molecule has 0 fully saturated rings. The van der Waals surface area contributed by atoms with E-state index >= 15 is 0 Å². The summed E-state index contributed by atoms with van der Waals surface area (Å²) in [5.41, 5.74) is 0.00601. The highest BCUT2D eigenvalue weighted by Gasteiger charge is 2.22. The molecule has 108 valence electrons. The number of nitrogens with zero attached hydrogens (tertiary/aromatic N) is 1. The zero-order chi connectivity index (χ0) is 15.2. The van der Waals surface area contributed by atoms with Gasteiger partial charge in [-0.15, -0.1) is 0 Å². The van der Waals surface area contributed by atoms with Gasteiger partial charge in [0.15, 0.2) is 0 Å². The van der Waals surface area contributed by atoms with Gasteiger partial charge in [-0.1, -0.05) is 18.2 Å². The van der Waals surface area contributed by atoms with E-state index in [-0.39, 0.29) is 0 Å². The van der Waals surface area contributed by atoms with Gasteiger partial charge in [-0.2, -0.15) is 5.26 Å². The van der Waals surface area contributed by atoms with Crippen molar-refractivity contribution in [3.8, 4) is 11.8 Å². The van der Waals surface area contributed by atoms with Crippen molar-refractivity contribution in [1.82, 2.24) is 5.32 Å². The average molecular weight is 276 g/mol. The summed E-state index contributed by atoms with van der Waals surface area (Å²) >= 11 is 0. The largest absolute Gasteiger partial charge is 0.493 e. The third-order valence-electron chi connectivity index (χ3n) is 2.32. The van der Waals surface area contributed by atoms with Crippen molar-refractivity contribution in [1.29, 1.82) is 5.26 Å². The van der Waals surface area contributed by atoms with Gasteiger partial charge >= 0.3 is 6.09 Å². The third kappa shape index (κ3) is 4.81. The Bertz CT molecular complexity index is 501. The second-order valence-electron chi connectivity index (χ2n) is 5.18. The molecule has 1 rings (SSSR count). The third-order valence-corrected chi connectivity index (χ3v) is 2.32. The van der Waals surface area contributed by atoms with Crippen LogP contribution in [0, 0.1) is 11.3 Å². The lowest BCUT2D eigenvalue weighted by Gasteiger charge is -2.22. The van der Waals surface area contributed by atoms with Crippen LogP contribution in [-0.2, 0) is 4.74 Å². The zero-order valence-electron chi connectivity index (χ0n) is 12.3. The maximum atomic E-state index is 11.7. The first-order chi connectivity index (χ1) is 9.37. The highest BCUT2D eigenvalue weighted by Crippen LogP contribution is 2.25. The van der Waals surface area contributed by atoms with E-state index in [1.165, 1.54) is 0 Å². The number of benzene rings is 1. The number of rotatable bonds is 4. The molecule has 20 heavy (non-hydrogen) atoms. The van der Waals surface area contributed by atoms with Crippen LogP contribution in [0.5, 0.6) is 5.75 Å². The van der Waals surface area contributed by atoms with Crippen LogP contribution in [0.4, 0.5) is 4.79 Å². The molecule has 0 saturated heterocycles. The van der Waals surface area contributed by atoms with E-state index in [2.05, 4.69) is 5.32 Å². The van der Waals surface area contributed by atoms with Crippen molar-refractivity contribution < 1.29 is 14.3 Å². The van der Waals surface area contributed by atoms with Crippen molar-refractivity contribution in [2.24, 2.45) is 0 Å². The molecule has 1 atom stereocenters. The second-order valence-corrected chi connectivity index (χ2v) is 5.18. The van der Waals surface area contributed by atoms with Gasteiger partial charge in [0.05, 0.1) is 12.7 Å². The average Bonchev–Trinajstić information content (AvgIpc) is 2.35. The van der Waals surface area contributed by atoms with Crippen molar-refractivity contribution in [3.63, 3.8) is 0 Å². The normalized spacial score (nSPS) is 12.2. The molecule has 0 aliphatic heterocycles. The van der Waals surface area contributed by atoms with Gasteiger partial charge in [0, 0.05) is 5.56 Å². The van der Waals surface area contributed by atoms with Crippen LogP contribution in [0.2, 0.25) is 0 Å². The highest BCUT2D eigenvalue weighted by molar-refractivity contribution is 5.69. The fourth-order valence-electron chi connectivity index (χ4n) is 1.61. The van der Waals surface area contributed by atoms with Crippen LogP contribution in [0.3, 0.4) is 0 Å². The molecule has 0 aromatic heterocycles. The number of carbonyl (C=O) groups is 1. The molecule has 1 aromatic carbocycles. The number of nitrogens with one attached hydrogen (secondary N) is 1. The number of hydrogen-bond acceptors (Lipinski definition) is 4. The van der Waals surface area contributed by atoms with Crippen molar-refractivity contribution in [3.05, 3.63) is 29.8 Å². The Kier molecular flexibility index (Phi) is 5.39. The van der Waals surface area contributed by atoms with E-state index < -0.39 is 17.7 Å². The first-order valence-corrected chi connectivity index (χ1v) is 6.48. The Hall–Kier alpha value is -2.22. The van der Waals surface area contributed by atoms with Crippen LogP contribution < -0.4 is 10.1 Å². The number of para-hydroxylation sites is 1. The fourth-order valence-corrected chi connectivity index (χ4v) is 1.61. The molecule has 0 saturated carbocycles. The molecule has 1 unspecified atom stereocenters. The van der Waals surface area contributed by atoms with Gasteiger partial charge in [-0.05, 0) is 33.8 Å². The lowest BCUT2D eigenvalue weighted by Crippen LogP contribution is -2.34. The standard InChI is InChI=1S/C15H20N2O3/c1-5-19-13-9-7-6-8-11(13)12(10-16)17-14(18)20-15(2,3)4/h6-9,12H,5H2,1-4H3,(H,17,18). The number of hydrogen-bond donors (Lipinski definition) is 1. The Labute approximate surface area is 119 Å². The van der Waals surface area contributed by atoms with Crippen molar-refractivity contribution in [2.75, 3.05) is 6.61 Å². The predicted octanol–water partition coefficient (Wildman–Crippen LogP) is 3.17. The van der Waals surface area contributed by atoms with Gasteiger partial charge < -0.3 is 14.8 Å². The quantitative estimate of drug-likeness (QED) is 0.916. The number of carbonyl (C=O) groups excluding carboxylic acids is 1. The van der Waals surface area contributed by atoms with E-state index in [0.717, 1.165) is 0 Å². The molecule has 1 amide bonds. The van der Waals surface area contributed by atoms with Crippen LogP contribution >= 0.6 is 0 Å². The van der Waals surface area contributed by atoms with Crippen molar-refractivity contribution in [2.45, 2.75) is 39.3 Å². The molecule has 0 radical (unpaired) electrons. The Morgan fingerprint density at radius 1 is 1.40 bits per heavy atom. The SMILES string of the molecule is CCOc1ccccc1C(C#N)NC(=O)OC(C)(C)C. The second kappa shape index (κ2) is 6.80. The minimum Gasteiger partial charge on any atom is -0.493 e. The Morgan fingerprint density at radius 2 is 2.05 bits per heavy atom. The van der Waals surface area contributed by atoms with Crippen LogP contribution in [0.15, 0.2) is 24.3 Å². The molecule has 0 aliphatic carbocycles. The van der Waals surface area contributed by atoms with E-state index in [1.807, 2.05) is 19.1 Å². The summed E-state index contributed by atoms with van der Waals surface area (Å²) in [6.45, 7) is 7.65. The molecule has 0 aliphatic rings. The molecule has 1 aromatic rings. The first kappa shape index (κ1) is 15.8. The lowest BCUT2D eigenvalue weighted by molar-refractivity contribution is 0.0515. The minimum atomic E-state index is -0.812. The zero-order valence-corrected chi connectivity index (χ0v) is 12.3. The lowest BCUT2D eigenvalue weighted by atomic mass is 10.1. The smallest absolute Gasteiger partial charge is 0.408 e. The summed E-state index contributed by atoms with van der Waals surface area (Å²) < 4.78 is 10.6. The number of alkyl carbamates (subject to hydrolysis) is 1. The molecule has 0 bridgehead atoms. The van der Waals surface area contributed by atoms with Crippen molar-refractivity contribution >= 4 is 6.09 Å². The molecule has 0 heterocycles. The predicted molar refractivity (Wildman–Crippen MR) is 75.3 cm³/mol. The van der Waals surface area contributed by atoms with Gasteiger partial charge in [-0.25, -0.2) is 4.79 Å². The van der Waals surface area contributed by atoms with Gasteiger partial charge in [-0.3, -0.25) is 0 Å². The Balaban J connectivity index is 2.87. The fraction of sp³-hybridized carbons (Fsp3) is 0.467. The van der Waals surface area contributed by atoms with E-state index in [0.29, 0.717) is 17.9 Å². The summed E-state index contributed by atoms with van der Waals surface area (Å²) in [4.78, 5) is 11.7. The topological polar surface area (TPSA) is 71.3 Å². The summed E-state index contributed by atoms with van der Waals surface area (Å²) in [6.07, 6.45) is -0.629. The summed E-state index contributed by atoms with van der Waals surface area (Å²) in [5.74, 6) is 0.581. The van der Waals surface area contributed by atoms with Crippen LogP contribution in [-0.4, -0.2) is 18.3 Å². The number of nitriles is 1. The van der Waals surface area contributed by atoms with E-state index in [1.54, 1.807) is 39.0 Å². The minimum absolute atomic E-state index is 0.488. The maximum Gasteiger partial charge on any atom is 0.408 e. The van der Waals surface area contributed by atoms with E-state index in [9.17, 15) is 10.1 Å². The van der Waals surface area contributed by atoms with Crippen LogP contribution in [0.1, 0.15) is 39.3 Å². The maximum absolute atomic E-state index is 11.7. The summed E-state index contributed by atoms with van der Waals surface area (Å²) in [6, 6.07) is 8.35. The number of ether oxygens (including phenoxy) is 2. The highest BCUT2D eigenvalue weighted by atomic mass is 16.6. The molecule has 5 heteroatoms.